The van der Waals surface area contributed by atoms with Gasteiger partial charge in [-0.2, -0.15) is 0 Å². The first-order valence-electron chi connectivity index (χ1n) is 9.30. The maximum atomic E-state index is 10.7. The van der Waals surface area contributed by atoms with Gasteiger partial charge in [0.05, 0.1) is 6.54 Å². The van der Waals surface area contributed by atoms with Gasteiger partial charge < -0.3 is 14.7 Å². The van der Waals surface area contributed by atoms with Crippen LogP contribution in [0.5, 0.6) is 0 Å². The van der Waals surface area contributed by atoms with E-state index < -0.39 is 5.97 Å². The molecule has 28 heavy (non-hydrogen) atoms. The van der Waals surface area contributed by atoms with Crippen molar-refractivity contribution in [3.8, 4) is 0 Å². The minimum atomic E-state index is -0.962. The number of fused-ring (bicyclic) bond motifs is 2. The molecule has 0 saturated carbocycles. The number of aromatic amines is 1. The van der Waals surface area contributed by atoms with E-state index in [1.54, 1.807) is 6.08 Å². The summed E-state index contributed by atoms with van der Waals surface area (Å²) in [4.78, 5) is 23.5. The predicted molar refractivity (Wildman–Crippen MR) is 110 cm³/mol. The van der Waals surface area contributed by atoms with Crippen molar-refractivity contribution in [2.75, 3.05) is 0 Å². The SMILES string of the molecule is CCc1nc2c(C)cc(C)nc2n1Cc1ccc2[nH]c(/C=C/C(=O)O)cc2c1. The van der Waals surface area contributed by atoms with Gasteiger partial charge in [-0.3, -0.25) is 0 Å². The van der Waals surface area contributed by atoms with E-state index in [1.165, 1.54) is 0 Å². The minimum absolute atomic E-state index is 0.691. The van der Waals surface area contributed by atoms with Crippen LogP contribution in [0.3, 0.4) is 0 Å². The molecule has 2 N–H and O–H groups in total. The molecule has 3 aromatic heterocycles. The maximum absolute atomic E-state index is 10.7. The lowest BCUT2D eigenvalue weighted by atomic mass is 10.1. The molecule has 0 aliphatic rings. The summed E-state index contributed by atoms with van der Waals surface area (Å²) in [5, 5.41) is 9.84. The molecule has 6 nitrogen and oxygen atoms in total. The lowest BCUT2D eigenvalue weighted by molar-refractivity contribution is -0.131. The second kappa shape index (κ2) is 6.96. The summed E-state index contributed by atoms with van der Waals surface area (Å²) < 4.78 is 2.19. The number of pyridine rings is 1. The third kappa shape index (κ3) is 3.29. The zero-order chi connectivity index (χ0) is 19.8. The number of benzene rings is 1. The highest BCUT2D eigenvalue weighted by molar-refractivity contribution is 5.88. The summed E-state index contributed by atoms with van der Waals surface area (Å²) in [5.74, 6) is 0.0620. The van der Waals surface area contributed by atoms with Crippen LogP contribution in [0.4, 0.5) is 0 Å². The van der Waals surface area contributed by atoms with Crippen molar-refractivity contribution in [2.45, 2.75) is 33.7 Å². The Morgan fingerprint density at radius 2 is 2.04 bits per heavy atom. The van der Waals surface area contributed by atoms with Crippen LogP contribution in [-0.4, -0.2) is 30.6 Å². The summed E-state index contributed by atoms with van der Waals surface area (Å²) in [6, 6.07) is 10.3. The molecule has 0 bridgehead atoms. The predicted octanol–water partition coefficient (Wildman–Crippen LogP) is 4.24. The fourth-order valence-electron chi connectivity index (χ4n) is 3.62. The Labute approximate surface area is 162 Å². The third-order valence-electron chi connectivity index (χ3n) is 4.87. The summed E-state index contributed by atoms with van der Waals surface area (Å²) in [5.41, 5.74) is 6.92. The standard InChI is InChI=1S/C22H22N4O2/c1-4-19-25-21-13(2)9-14(3)23-22(21)26(19)12-15-5-7-18-16(10-15)11-17(24-18)6-8-20(27)28/h5-11,24H,4,12H2,1-3H3,(H,27,28)/b8-6+. The van der Waals surface area contributed by atoms with Crippen LogP contribution in [0.1, 0.15) is 35.3 Å². The van der Waals surface area contributed by atoms with E-state index in [2.05, 4.69) is 41.6 Å². The molecule has 4 aromatic rings. The molecule has 1 aromatic carbocycles. The Kier molecular flexibility index (Phi) is 4.47. The number of carbonyl (C=O) groups is 1. The topological polar surface area (TPSA) is 83.8 Å². The van der Waals surface area contributed by atoms with Crippen molar-refractivity contribution >= 4 is 34.1 Å². The average Bonchev–Trinajstić information content (AvgIpc) is 3.21. The molecule has 0 fully saturated rings. The second-order valence-electron chi connectivity index (χ2n) is 7.04. The van der Waals surface area contributed by atoms with Gasteiger partial charge in [-0.1, -0.05) is 13.0 Å². The van der Waals surface area contributed by atoms with E-state index in [9.17, 15) is 4.79 Å². The summed E-state index contributed by atoms with van der Waals surface area (Å²) in [7, 11) is 0. The fourth-order valence-corrected chi connectivity index (χ4v) is 3.62. The molecule has 4 rings (SSSR count). The number of nitrogens with zero attached hydrogens (tertiary/aromatic N) is 3. The number of H-pyrrole nitrogens is 1. The van der Waals surface area contributed by atoms with Gasteiger partial charge in [0.25, 0.3) is 0 Å². The van der Waals surface area contributed by atoms with Crippen LogP contribution in [-0.2, 0) is 17.8 Å². The van der Waals surface area contributed by atoms with E-state index in [4.69, 9.17) is 15.1 Å². The van der Waals surface area contributed by atoms with E-state index in [1.807, 2.05) is 19.1 Å². The van der Waals surface area contributed by atoms with Gasteiger partial charge in [0.2, 0.25) is 0 Å². The van der Waals surface area contributed by atoms with Crippen molar-refractivity contribution in [1.29, 1.82) is 0 Å². The minimum Gasteiger partial charge on any atom is -0.478 e. The van der Waals surface area contributed by atoms with Crippen molar-refractivity contribution < 1.29 is 9.90 Å². The molecule has 3 heterocycles. The first-order valence-corrected chi connectivity index (χ1v) is 9.30. The van der Waals surface area contributed by atoms with Crippen molar-refractivity contribution in [1.82, 2.24) is 19.5 Å². The highest BCUT2D eigenvalue weighted by Gasteiger charge is 2.14. The molecule has 0 aliphatic heterocycles. The Bertz CT molecular complexity index is 1230. The van der Waals surface area contributed by atoms with Gasteiger partial charge in [0.1, 0.15) is 11.3 Å². The Morgan fingerprint density at radius 1 is 1.21 bits per heavy atom. The Hall–Kier alpha value is -3.41. The van der Waals surface area contributed by atoms with Gasteiger partial charge in [0, 0.05) is 34.8 Å². The molecular formula is C22H22N4O2. The normalized spacial score (nSPS) is 11.8. The lowest BCUT2D eigenvalue weighted by Crippen LogP contribution is -2.05. The first-order chi connectivity index (χ1) is 13.4. The number of carboxylic acid groups (broad SMARTS) is 1. The first kappa shape index (κ1) is 18.0. The van der Waals surface area contributed by atoms with Gasteiger partial charge in [-0.05, 0) is 55.3 Å². The number of hydrogen-bond acceptors (Lipinski definition) is 3. The molecular weight excluding hydrogens is 352 g/mol. The van der Waals surface area contributed by atoms with Crippen molar-refractivity contribution in [3.05, 3.63) is 64.7 Å². The van der Waals surface area contributed by atoms with Crippen LogP contribution in [0, 0.1) is 13.8 Å². The number of aliphatic carboxylic acids is 1. The maximum Gasteiger partial charge on any atom is 0.328 e. The van der Waals surface area contributed by atoms with E-state index >= 15 is 0 Å². The monoisotopic (exact) mass is 374 g/mol. The Balaban J connectivity index is 1.74. The lowest BCUT2D eigenvalue weighted by Gasteiger charge is -2.09. The molecule has 0 aliphatic carbocycles. The summed E-state index contributed by atoms with van der Waals surface area (Å²) >= 11 is 0. The van der Waals surface area contributed by atoms with Gasteiger partial charge in [0.15, 0.2) is 5.65 Å². The molecule has 142 valence electrons. The summed E-state index contributed by atoms with van der Waals surface area (Å²) in [6.07, 6.45) is 3.54. The fraction of sp³-hybridized carbons (Fsp3) is 0.227. The van der Waals surface area contributed by atoms with E-state index in [0.29, 0.717) is 6.54 Å². The zero-order valence-electron chi connectivity index (χ0n) is 16.2. The van der Waals surface area contributed by atoms with Gasteiger partial charge >= 0.3 is 5.97 Å². The molecule has 0 saturated heterocycles. The third-order valence-corrected chi connectivity index (χ3v) is 4.87. The number of carboxylic acids is 1. The molecule has 6 heteroatoms. The number of aromatic nitrogens is 4. The summed E-state index contributed by atoms with van der Waals surface area (Å²) in [6.45, 7) is 6.88. The van der Waals surface area contributed by atoms with Crippen LogP contribution in [0.15, 0.2) is 36.4 Å². The van der Waals surface area contributed by atoms with Crippen molar-refractivity contribution in [2.24, 2.45) is 0 Å². The zero-order valence-corrected chi connectivity index (χ0v) is 16.2. The van der Waals surface area contributed by atoms with E-state index in [-0.39, 0.29) is 0 Å². The Morgan fingerprint density at radius 3 is 2.79 bits per heavy atom. The molecule has 0 spiro atoms. The number of nitrogens with one attached hydrogen (secondary N) is 1. The van der Waals surface area contributed by atoms with Crippen LogP contribution < -0.4 is 0 Å². The highest BCUT2D eigenvalue weighted by atomic mass is 16.4. The smallest absolute Gasteiger partial charge is 0.328 e. The second-order valence-corrected chi connectivity index (χ2v) is 7.04. The molecule has 0 radical (unpaired) electrons. The quantitative estimate of drug-likeness (QED) is 0.512. The van der Waals surface area contributed by atoms with Crippen LogP contribution in [0.2, 0.25) is 0 Å². The molecule has 0 amide bonds. The van der Waals surface area contributed by atoms with Gasteiger partial charge in [-0.15, -0.1) is 0 Å². The number of aryl methyl sites for hydroxylation is 3. The van der Waals surface area contributed by atoms with Crippen LogP contribution in [0.25, 0.3) is 28.1 Å². The highest BCUT2D eigenvalue weighted by Crippen LogP contribution is 2.23. The number of hydrogen-bond donors (Lipinski definition) is 2. The molecule has 0 atom stereocenters. The van der Waals surface area contributed by atoms with Gasteiger partial charge in [-0.25, -0.2) is 14.8 Å². The van der Waals surface area contributed by atoms with Crippen LogP contribution >= 0.6 is 0 Å². The number of rotatable bonds is 5. The van der Waals surface area contributed by atoms with Crippen molar-refractivity contribution in [3.63, 3.8) is 0 Å². The van der Waals surface area contributed by atoms with E-state index in [0.717, 1.165) is 62.9 Å². The number of imidazole rings is 1. The average molecular weight is 374 g/mol. The molecule has 0 unspecified atom stereocenters. The largest absolute Gasteiger partial charge is 0.478 e.